The van der Waals surface area contributed by atoms with E-state index in [0.29, 0.717) is 12.3 Å². The summed E-state index contributed by atoms with van der Waals surface area (Å²) in [5.41, 5.74) is 1.14. The minimum Gasteiger partial charge on any atom is -0.391 e. The molecule has 2 unspecified atom stereocenters. The van der Waals surface area contributed by atoms with Gasteiger partial charge in [0.25, 0.3) is 0 Å². The summed E-state index contributed by atoms with van der Waals surface area (Å²) in [6.07, 6.45) is 2.68. The molecule has 0 spiro atoms. The molecule has 0 amide bonds. The summed E-state index contributed by atoms with van der Waals surface area (Å²) >= 11 is 1.61. The quantitative estimate of drug-likeness (QED) is 0.858. The van der Waals surface area contributed by atoms with Gasteiger partial charge in [-0.3, -0.25) is 0 Å². The van der Waals surface area contributed by atoms with Gasteiger partial charge >= 0.3 is 0 Å². The number of rotatable bonds is 6. The van der Waals surface area contributed by atoms with Crippen LogP contribution in [0.5, 0.6) is 0 Å². The minimum absolute atomic E-state index is 0.0461. The molecule has 0 saturated heterocycles. The van der Waals surface area contributed by atoms with Gasteiger partial charge in [0, 0.05) is 12.3 Å². The summed E-state index contributed by atoms with van der Waals surface area (Å²) in [5.74, 6) is 0.632. The summed E-state index contributed by atoms with van der Waals surface area (Å²) in [6.45, 7) is 1.98. The van der Waals surface area contributed by atoms with Gasteiger partial charge in [-0.15, -0.1) is 10.2 Å². The number of benzene rings is 1. The third kappa shape index (κ3) is 3.35. The molecule has 1 heterocycles. The monoisotopic (exact) mass is 289 g/mol. The lowest BCUT2D eigenvalue weighted by Crippen LogP contribution is -2.32. The first-order valence-electron chi connectivity index (χ1n) is 7.04. The molecule has 0 aliphatic heterocycles. The standard InChI is InChI=1S/C15H19N3OS/c1-10(13(19)9-11-5-3-2-4-6-11)16-15-18-17-14(20-15)12-7-8-12/h2-6,10,12-13,19H,7-9H2,1H3,(H,16,18). The summed E-state index contributed by atoms with van der Waals surface area (Å²) in [7, 11) is 0. The highest BCUT2D eigenvalue weighted by atomic mass is 32.1. The van der Waals surface area contributed by atoms with Crippen molar-refractivity contribution >= 4 is 16.5 Å². The zero-order valence-electron chi connectivity index (χ0n) is 11.5. The average molecular weight is 289 g/mol. The molecule has 1 fully saturated rings. The largest absolute Gasteiger partial charge is 0.391 e. The lowest BCUT2D eigenvalue weighted by Gasteiger charge is -2.19. The Hall–Kier alpha value is -1.46. The molecule has 20 heavy (non-hydrogen) atoms. The number of nitrogens with one attached hydrogen (secondary N) is 1. The third-order valence-corrected chi connectivity index (χ3v) is 4.60. The Morgan fingerprint density at radius 1 is 1.30 bits per heavy atom. The molecular weight excluding hydrogens is 270 g/mol. The van der Waals surface area contributed by atoms with Gasteiger partial charge in [-0.25, -0.2) is 0 Å². The van der Waals surface area contributed by atoms with Crippen LogP contribution in [-0.4, -0.2) is 27.4 Å². The number of aliphatic hydroxyl groups excluding tert-OH is 1. The first kappa shape index (κ1) is 13.5. The fraction of sp³-hybridized carbons (Fsp3) is 0.467. The number of nitrogens with zero attached hydrogens (tertiary/aromatic N) is 2. The highest BCUT2D eigenvalue weighted by molar-refractivity contribution is 7.15. The lowest BCUT2D eigenvalue weighted by atomic mass is 10.0. The lowest BCUT2D eigenvalue weighted by molar-refractivity contribution is 0.158. The van der Waals surface area contributed by atoms with E-state index in [-0.39, 0.29) is 6.04 Å². The number of hydrogen-bond acceptors (Lipinski definition) is 5. The van der Waals surface area contributed by atoms with Gasteiger partial charge in [-0.05, 0) is 25.3 Å². The normalized spacial score (nSPS) is 17.7. The Morgan fingerprint density at radius 3 is 2.75 bits per heavy atom. The van der Waals surface area contributed by atoms with Crippen LogP contribution in [-0.2, 0) is 6.42 Å². The predicted octanol–water partition coefficient (Wildman–Crippen LogP) is 2.82. The van der Waals surface area contributed by atoms with Crippen molar-refractivity contribution in [1.29, 1.82) is 0 Å². The van der Waals surface area contributed by atoms with E-state index in [9.17, 15) is 5.11 Å². The molecule has 106 valence electrons. The Kier molecular flexibility index (Phi) is 3.98. The van der Waals surface area contributed by atoms with Crippen molar-refractivity contribution in [3.63, 3.8) is 0 Å². The second kappa shape index (κ2) is 5.89. The highest BCUT2D eigenvalue weighted by Gasteiger charge is 2.28. The maximum atomic E-state index is 10.3. The van der Waals surface area contributed by atoms with Crippen molar-refractivity contribution in [3.05, 3.63) is 40.9 Å². The molecule has 1 aromatic carbocycles. The minimum atomic E-state index is -0.439. The molecule has 4 nitrogen and oxygen atoms in total. The highest BCUT2D eigenvalue weighted by Crippen LogP contribution is 2.42. The van der Waals surface area contributed by atoms with Crippen molar-refractivity contribution < 1.29 is 5.11 Å². The van der Waals surface area contributed by atoms with Crippen LogP contribution >= 0.6 is 11.3 Å². The number of hydrogen-bond donors (Lipinski definition) is 2. The maximum absolute atomic E-state index is 10.3. The Balaban J connectivity index is 1.55. The van der Waals surface area contributed by atoms with E-state index in [1.807, 2.05) is 37.3 Å². The van der Waals surface area contributed by atoms with Crippen LogP contribution in [0.1, 0.15) is 36.3 Å². The molecule has 2 aromatic rings. The van der Waals surface area contributed by atoms with Crippen molar-refractivity contribution in [2.75, 3.05) is 5.32 Å². The van der Waals surface area contributed by atoms with Gasteiger partial charge in [-0.1, -0.05) is 41.7 Å². The average Bonchev–Trinajstić information content (AvgIpc) is 3.20. The fourth-order valence-corrected chi connectivity index (χ4v) is 3.12. The van der Waals surface area contributed by atoms with Crippen LogP contribution in [0.3, 0.4) is 0 Å². The second-order valence-electron chi connectivity index (χ2n) is 5.41. The van der Waals surface area contributed by atoms with E-state index in [2.05, 4.69) is 15.5 Å². The van der Waals surface area contributed by atoms with Crippen molar-refractivity contribution in [1.82, 2.24) is 10.2 Å². The van der Waals surface area contributed by atoms with Crippen molar-refractivity contribution in [2.24, 2.45) is 0 Å². The zero-order chi connectivity index (χ0) is 13.9. The Morgan fingerprint density at radius 2 is 2.05 bits per heavy atom. The molecule has 5 heteroatoms. The van der Waals surface area contributed by atoms with E-state index in [1.165, 1.54) is 12.8 Å². The first-order valence-corrected chi connectivity index (χ1v) is 7.86. The molecule has 1 aliphatic carbocycles. The van der Waals surface area contributed by atoms with Crippen LogP contribution < -0.4 is 5.32 Å². The smallest absolute Gasteiger partial charge is 0.205 e. The van der Waals surface area contributed by atoms with Gasteiger partial charge in [0.2, 0.25) is 5.13 Å². The van der Waals surface area contributed by atoms with E-state index in [4.69, 9.17) is 0 Å². The summed E-state index contributed by atoms with van der Waals surface area (Å²) in [6, 6.07) is 9.99. The zero-order valence-corrected chi connectivity index (χ0v) is 12.3. The number of aromatic nitrogens is 2. The second-order valence-corrected chi connectivity index (χ2v) is 6.42. The molecule has 3 rings (SSSR count). The van der Waals surface area contributed by atoms with Crippen molar-refractivity contribution in [3.8, 4) is 0 Å². The molecule has 1 aliphatic rings. The molecule has 2 atom stereocenters. The van der Waals surface area contributed by atoms with Crippen LogP contribution in [0.4, 0.5) is 5.13 Å². The van der Waals surface area contributed by atoms with E-state index in [1.54, 1.807) is 11.3 Å². The topological polar surface area (TPSA) is 58.0 Å². The molecule has 0 radical (unpaired) electrons. The van der Waals surface area contributed by atoms with Crippen LogP contribution in [0.25, 0.3) is 0 Å². The van der Waals surface area contributed by atoms with Gasteiger partial charge in [0.15, 0.2) is 0 Å². The van der Waals surface area contributed by atoms with Crippen LogP contribution in [0.15, 0.2) is 30.3 Å². The summed E-state index contributed by atoms with van der Waals surface area (Å²) in [4.78, 5) is 0. The molecule has 1 aromatic heterocycles. The Bertz CT molecular complexity index is 553. The van der Waals surface area contributed by atoms with Gasteiger partial charge in [0.1, 0.15) is 5.01 Å². The summed E-state index contributed by atoms with van der Waals surface area (Å²) < 4.78 is 0. The first-order chi connectivity index (χ1) is 9.72. The van der Waals surface area contributed by atoms with Gasteiger partial charge < -0.3 is 10.4 Å². The van der Waals surface area contributed by atoms with Crippen molar-refractivity contribution in [2.45, 2.75) is 44.2 Å². The molecule has 1 saturated carbocycles. The molecular formula is C15H19N3OS. The fourth-order valence-electron chi connectivity index (χ4n) is 2.11. The molecule has 2 N–H and O–H groups in total. The van der Waals surface area contributed by atoms with Crippen LogP contribution in [0, 0.1) is 0 Å². The SMILES string of the molecule is CC(Nc1nnc(C2CC2)s1)C(O)Cc1ccccc1. The van der Waals surface area contributed by atoms with Gasteiger partial charge in [-0.2, -0.15) is 0 Å². The Labute approximate surface area is 122 Å². The van der Waals surface area contributed by atoms with Crippen LogP contribution in [0.2, 0.25) is 0 Å². The maximum Gasteiger partial charge on any atom is 0.205 e. The predicted molar refractivity (Wildman–Crippen MR) is 81.1 cm³/mol. The van der Waals surface area contributed by atoms with E-state index < -0.39 is 6.10 Å². The van der Waals surface area contributed by atoms with E-state index in [0.717, 1.165) is 15.7 Å². The molecule has 0 bridgehead atoms. The van der Waals surface area contributed by atoms with E-state index >= 15 is 0 Å². The summed E-state index contributed by atoms with van der Waals surface area (Å²) in [5, 5.41) is 23.8. The van der Waals surface area contributed by atoms with Gasteiger partial charge in [0.05, 0.1) is 12.1 Å². The number of aliphatic hydroxyl groups is 1. The number of anilines is 1. The third-order valence-electron chi connectivity index (χ3n) is 3.58.